The van der Waals surface area contributed by atoms with Gasteiger partial charge in [-0.3, -0.25) is 4.79 Å². The number of carbonyl (C=O) groups excluding carboxylic acids is 1. The molecule has 1 aliphatic rings. The first-order chi connectivity index (χ1) is 9.75. The molecule has 1 rings (SSSR count). The van der Waals surface area contributed by atoms with Gasteiger partial charge < -0.3 is 15.3 Å². The Morgan fingerprint density at radius 2 is 1.90 bits per heavy atom. The Morgan fingerprint density at radius 3 is 2.38 bits per heavy atom. The third kappa shape index (κ3) is 5.94. The highest BCUT2D eigenvalue weighted by molar-refractivity contribution is 5.74. The van der Waals surface area contributed by atoms with Crippen molar-refractivity contribution in [2.75, 3.05) is 13.6 Å². The summed E-state index contributed by atoms with van der Waals surface area (Å²) in [6.07, 6.45) is 5.25. The number of hydrogen-bond donors (Lipinski definition) is 2. The Bertz CT molecular complexity index is 359. The van der Waals surface area contributed by atoms with Gasteiger partial charge in [0.25, 0.3) is 0 Å². The minimum absolute atomic E-state index is 0.00476. The fraction of sp³-hybridized carbons (Fsp3) is 0.875. The predicted octanol–water partition coefficient (Wildman–Crippen LogP) is 3.10. The SMILES string of the molecule is CCC(CNC(=O)N(C)C1CCC(C)(C)CC1)CC(=O)O. The summed E-state index contributed by atoms with van der Waals surface area (Å²) in [5.41, 5.74) is 0.391. The summed E-state index contributed by atoms with van der Waals surface area (Å²) in [5, 5.41) is 11.7. The molecule has 1 unspecified atom stereocenters. The van der Waals surface area contributed by atoms with Crippen LogP contribution in [0.1, 0.15) is 59.3 Å². The van der Waals surface area contributed by atoms with Crippen LogP contribution in [0.5, 0.6) is 0 Å². The number of amides is 2. The molecule has 122 valence electrons. The van der Waals surface area contributed by atoms with Gasteiger partial charge in [-0.05, 0) is 37.0 Å². The van der Waals surface area contributed by atoms with Crippen molar-refractivity contribution < 1.29 is 14.7 Å². The second-order valence-electron chi connectivity index (χ2n) is 7.06. The van der Waals surface area contributed by atoms with E-state index in [9.17, 15) is 9.59 Å². The van der Waals surface area contributed by atoms with Crippen molar-refractivity contribution in [3.8, 4) is 0 Å². The first-order valence-corrected chi connectivity index (χ1v) is 7.97. The van der Waals surface area contributed by atoms with Gasteiger partial charge in [0.05, 0.1) is 0 Å². The van der Waals surface area contributed by atoms with E-state index in [1.807, 2.05) is 14.0 Å². The molecule has 0 aromatic rings. The van der Waals surface area contributed by atoms with Crippen LogP contribution in [0.2, 0.25) is 0 Å². The van der Waals surface area contributed by atoms with E-state index in [0.717, 1.165) is 32.1 Å². The van der Waals surface area contributed by atoms with Crippen LogP contribution in [0.4, 0.5) is 4.79 Å². The van der Waals surface area contributed by atoms with Crippen LogP contribution < -0.4 is 5.32 Å². The van der Waals surface area contributed by atoms with Crippen molar-refractivity contribution in [3.63, 3.8) is 0 Å². The zero-order valence-electron chi connectivity index (χ0n) is 13.8. The molecule has 0 spiro atoms. The molecule has 1 fully saturated rings. The highest BCUT2D eigenvalue weighted by Crippen LogP contribution is 2.36. The molecule has 21 heavy (non-hydrogen) atoms. The van der Waals surface area contributed by atoms with Crippen molar-refractivity contribution in [3.05, 3.63) is 0 Å². The first-order valence-electron chi connectivity index (χ1n) is 7.97. The van der Waals surface area contributed by atoms with Crippen molar-refractivity contribution in [1.82, 2.24) is 10.2 Å². The van der Waals surface area contributed by atoms with Gasteiger partial charge in [0.15, 0.2) is 0 Å². The monoisotopic (exact) mass is 298 g/mol. The quantitative estimate of drug-likeness (QED) is 0.791. The van der Waals surface area contributed by atoms with Gasteiger partial charge in [-0.25, -0.2) is 4.79 Å². The molecular weight excluding hydrogens is 268 g/mol. The maximum absolute atomic E-state index is 12.2. The topological polar surface area (TPSA) is 69.6 Å². The lowest BCUT2D eigenvalue weighted by molar-refractivity contribution is -0.138. The molecule has 5 heteroatoms. The fourth-order valence-electron chi connectivity index (χ4n) is 2.90. The number of urea groups is 1. The molecule has 0 aromatic carbocycles. The fourth-order valence-corrected chi connectivity index (χ4v) is 2.90. The maximum Gasteiger partial charge on any atom is 0.317 e. The minimum Gasteiger partial charge on any atom is -0.481 e. The van der Waals surface area contributed by atoms with Gasteiger partial charge in [0.1, 0.15) is 0 Å². The van der Waals surface area contributed by atoms with Gasteiger partial charge >= 0.3 is 12.0 Å². The molecule has 1 atom stereocenters. The highest BCUT2D eigenvalue weighted by Gasteiger charge is 2.30. The molecule has 0 aliphatic heterocycles. The van der Waals surface area contributed by atoms with Gasteiger partial charge in [-0.2, -0.15) is 0 Å². The molecule has 0 saturated heterocycles. The van der Waals surface area contributed by atoms with E-state index < -0.39 is 5.97 Å². The van der Waals surface area contributed by atoms with E-state index >= 15 is 0 Å². The largest absolute Gasteiger partial charge is 0.481 e. The molecule has 1 aliphatic carbocycles. The average molecular weight is 298 g/mol. The summed E-state index contributed by atoms with van der Waals surface area (Å²) in [4.78, 5) is 24.7. The molecule has 0 aromatic heterocycles. The molecule has 2 amide bonds. The summed E-state index contributed by atoms with van der Waals surface area (Å²) < 4.78 is 0. The summed E-state index contributed by atoms with van der Waals surface area (Å²) in [6.45, 7) is 6.94. The van der Waals surface area contributed by atoms with Gasteiger partial charge in [-0.1, -0.05) is 27.2 Å². The summed E-state index contributed by atoms with van der Waals surface area (Å²) in [6, 6.07) is 0.223. The van der Waals surface area contributed by atoms with Gasteiger partial charge in [0.2, 0.25) is 0 Å². The van der Waals surface area contributed by atoms with E-state index in [2.05, 4.69) is 19.2 Å². The first kappa shape index (κ1) is 17.8. The van der Waals surface area contributed by atoms with Crippen LogP contribution in [0, 0.1) is 11.3 Å². The third-order valence-corrected chi connectivity index (χ3v) is 4.76. The lowest BCUT2D eigenvalue weighted by Gasteiger charge is -2.38. The van der Waals surface area contributed by atoms with Crippen LogP contribution in [-0.2, 0) is 4.79 Å². The van der Waals surface area contributed by atoms with E-state index in [0.29, 0.717) is 18.0 Å². The van der Waals surface area contributed by atoms with Crippen LogP contribution >= 0.6 is 0 Å². The number of carbonyl (C=O) groups is 2. The molecule has 2 N–H and O–H groups in total. The maximum atomic E-state index is 12.2. The standard InChI is InChI=1S/C16H30N2O3/c1-5-12(10-14(19)20)11-17-15(21)18(4)13-6-8-16(2,3)9-7-13/h12-13H,5-11H2,1-4H3,(H,17,21)(H,19,20). The van der Waals surface area contributed by atoms with E-state index in [1.165, 1.54) is 0 Å². The van der Waals surface area contributed by atoms with Gasteiger partial charge in [0, 0.05) is 26.1 Å². The Hall–Kier alpha value is -1.26. The number of nitrogens with zero attached hydrogens (tertiary/aromatic N) is 1. The van der Waals surface area contributed by atoms with E-state index in [-0.39, 0.29) is 18.4 Å². The number of carboxylic acids is 1. The summed E-state index contributed by atoms with van der Waals surface area (Å²) >= 11 is 0. The smallest absolute Gasteiger partial charge is 0.317 e. The second-order valence-corrected chi connectivity index (χ2v) is 7.06. The lowest BCUT2D eigenvalue weighted by Crippen LogP contribution is -2.46. The van der Waals surface area contributed by atoms with E-state index in [4.69, 9.17) is 5.11 Å². The summed E-state index contributed by atoms with van der Waals surface area (Å²) in [7, 11) is 1.84. The highest BCUT2D eigenvalue weighted by atomic mass is 16.4. The van der Waals surface area contributed by atoms with Crippen LogP contribution in [0.15, 0.2) is 0 Å². The Kier molecular flexibility index (Phi) is 6.49. The second kappa shape index (κ2) is 7.66. The number of carboxylic acid groups (broad SMARTS) is 1. The zero-order valence-corrected chi connectivity index (χ0v) is 13.8. The number of rotatable bonds is 6. The molecule has 0 radical (unpaired) electrons. The minimum atomic E-state index is -0.807. The number of aliphatic carboxylic acids is 1. The molecule has 5 nitrogen and oxygen atoms in total. The van der Waals surface area contributed by atoms with Crippen molar-refractivity contribution >= 4 is 12.0 Å². The number of hydrogen-bond acceptors (Lipinski definition) is 2. The molecule has 0 bridgehead atoms. The van der Waals surface area contributed by atoms with Crippen molar-refractivity contribution in [1.29, 1.82) is 0 Å². The van der Waals surface area contributed by atoms with E-state index in [1.54, 1.807) is 4.90 Å². The third-order valence-electron chi connectivity index (χ3n) is 4.76. The van der Waals surface area contributed by atoms with Crippen molar-refractivity contribution in [2.45, 2.75) is 65.3 Å². The van der Waals surface area contributed by atoms with Crippen LogP contribution in [0.3, 0.4) is 0 Å². The summed E-state index contributed by atoms with van der Waals surface area (Å²) in [5.74, 6) is -0.802. The number of nitrogens with one attached hydrogen (secondary N) is 1. The van der Waals surface area contributed by atoms with Crippen molar-refractivity contribution in [2.24, 2.45) is 11.3 Å². The Morgan fingerprint density at radius 1 is 1.33 bits per heavy atom. The average Bonchev–Trinajstić information content (AvgIpc) is 2.41. The molecular formula is C16H30N2O3. The predicted molar refractivity (Wildman–Crippen MR) is 83.2 cm³/mol. The Labute approximate surface area is 128 Å². The molecule has 1 saturated carbocycles. The zero-order chi connectivity index (χ0) is 16.0. The van der Waals surface area contributed by atoms with Gasteiger partial charge in [-0.15, -0.1) is 0 Å². The van der Waals surface area contributed by atoms with Crippen LogP contribution in [0.25, 0.3) is 0 Å². The lowest BCUT2D eigenvalue weighted by atomic mass is 9.75. The normalized spacial score (nSPS) is 19.8. The Balaban J connectivity index is 2.39. The molecule has 0 heterocycles. The van der Waals surface area contributed by atoms with Crippen LogP contribution in [-0.4, -0.2) is 41.6 Å².